The second kappa shape index (κ2) is 15.7. The van der Waals surface area contributed by atoms with Crippen molar-refractivity contribution in [3.63, 3.8) is 0 Å². The van der Waals surface area contributed by atoms with Gasteiger partial charge >= 0.3 is 11.9 Å². The van der Waals surface area contributed by atoms with Gasteiger partial charge in [0.25, 0.3) is 0 Å². The van der Waals surface area contributed by atoms with E-state index in [9.17, 15) is 24.3 Å². The van der Waals surface area contributed by atoms with Crippen molar-refractivity contribution < 1.29 is 33.8 Å². The number of aliphatic hydroxyl groups is 1. The van der Waals surface area contributed by atoms with E-state index in [1.165, 1.54) is 19.1 Å². The van der Waals surface area contributed by atoms with Crippen LogP contribution in [0.1, 0.15) is 90.9 Å². The first-order chi connectivity index (χ1) is 16.1. The molecule has 34 heavy (non-hydrogen) atoms. The third-order valence-corrected chi connectivity index (χ3v) is 6.46. The van der Waals surface area contributed by atoms with Crippen LogP contribution in [0.25, 0.3) is 0 Å². The molecule has 0 radical (unpaired) electrons. The standard InChI is InChI=1S/C25H44N2O7/c1-5-6-7-12-15-25(2,32)16-17-27-20(13-10-8-9-11-14-22(29)33-3)24(31)26(18-21(27)28)19-23(30)34-4/h20,32H,5-19H2,1-4H3. The van der Waals surface area contributed by atoms with E-state index in [0.29, 0.717) is 45.1 Å². The third-order valence-electron chi connectivity index (χ3n) is 6.46. The van der Waals surface area contributed by atoms with Gasteiger partial charge in [0.1, 0.15) is 19.1 Å². The normalized spacial score (nSPS) is 18.1. The van der Waals surface area contributed by atoms with Gasteiger partial charge in [-0.3, -0.25) is 19.2 Å². The number of hydrogen-bond acceptors (Lipinski definition) is 7. The number of unbranched alkanes of at least 4 members (excludes halogenated alkanes) is 6. The second-order valence-corrected chi connectivity index (χ2v) is 9.46. The number of nitrogens with zero attached hydrogens (tertiary/aromatic N) is 2. The maximum Gasteiger partial charge on any atom is 0.325 e. The lowest BCUT2D eigenvalue weighted by molar-refractivity contribution is -0.160. The van der Waals surface area contributed by atoms with Gasteiger partial charge in [-0.15, -0.1) is 0 Å². The molecule has 9 heteroatoms. The van der Waals surface area contributed by atoms with Gasteiger partial charge in [0.2, 0.25) is 11.8 Å². The number of esters is 2. The molecule has 9 nitrogen and oxygen atoms in total. The summed E-state index contributed by atoms with van der Waals surface area (Å²) in [4.78, 5) is 51.9. The molecule has 2 amide bonds. The molecular formula is C25H44N2O7. The van der Waals surface area contributed by atoms with Crippen LogP contribution in [0.3, 0.4) is 0 Å². The largest absolute Gasteiger partial charge is 0.469 e. The maximum atomic E-state index is 13.1. The smallest absolute Gasteiger partial charge is 0.325 e. The van der Waals surface area contributed by atoms with Gasteiger partial charge in [-0.1, -0.05) is 51.9 Å². The fourth-order valence-electron chi connectivity index (χ4n) is 4.25. The zero-order valence-corrected chi connectivity index (χ0v) is 21.5. The summed E-state index contributed by atoms with van der Waals surface area (Å²) in [6.45, 7) is 3.81. The molecule has 1 rings (SSSR count). The lowest BCUT2D eigenvalue weighted by Gasteiger charge is -2.41. The van der Waals surface area contributed by atoms with Crippen molar-refractivity contribution in [2.75, 3.05) is 33.9 Å². The quantitative estimate of drug-likeness (QED) is 0.249. The molecule has 2 unspecified atom stereocenters. The molecule has 1 N–H and O–H groups in total. The Kier molecular flexibility index (Phi) is 13.8. The van der Waals surface area contributed by atoms with E-state index < -0.39 is 17.6 Å². The number of carbonyl (C=O) groups is 4. The van der Waals surface area contributed by atoms with Crippen LogP contribution < -0.4 is 0 Å². The van der Waals surface area contributed by atoms with E-state index >= 15 is 0 Å². The van der Waals surface area contributed by atoms with Crippen LogP contribution in [-0.4, -0.2) is 84.2 Å². The van der Waals surface area contributed by atoms with Crippen LogP contribution >= 0.6 is 0 Å². The topological polar surface area (TPSA) is 113 Å². The van der Waals surface area contributed by atoms with E-state index in [-0.39, 0.29) is 30.9 Å². The Bertz CT molecular complexity index is 666. The average molecular weight is 485 g/mol. The Morgan fingerprint density at radius 3 is 2.26 bits per heavy atom. The van der Waals surface area contributed by atoms with Gasteiger partial charge in [0.15, 0.2) is 0 Å². The van der Waals surface area contributed by atoms with Crippen molar-refractivity contribution in [3.05, 3.63) is 0 Å². The predicted molar refractivity (Wildman–Crippen MR) is 128 cm³/mol. The lowest BCUT2D eigenvalue weighted by Crippen LogP contribution is -2.61. The summed E-state index contributed by atoms with van der Waals surface area (Å²) in [6.07, 6.45) is 9.19. The number of rotatable bonds is 17. The van der Waals surface area contributed by atoms with Gasteiger partial charge in [-0.25, -0.2) is 0 Å². The SMILES string of the molecule is CCCCCCC(C)(O)CCN1C(=O)CN(CC(=O)OC)C(=O)C1CCCCCCC(=O)OC. The molecule has 0 saturated carbocycles. The summed E-state index contributed by atoms with van der Waals surface area (Å²) in [5.74, 6) is -1.28. The van der Waals surface area contributed by atoms with E-state index in [1.807, 2.05) is 0 Å². The van der Waals surface area contributed by atoms with Crippen molar-refractivity contribution in [1.29, 1.82) is 0 Å². The lowest BCUT2D eigenvalue weighted by atomic mass is 9.93. The number of carbonyl (C=O) groups excluding carboxylic acids is 4. The monoisotopic (exact) mass is 484 g/mol. The van der Waals surface area contributed by atoms with Crippen LogP contribution in [0, 0.1) is 0 Å². The van der Waals surface area contributed by atoms with E-state index in [2.05, 4.69) is 16.4 Å². The molecule has 1 saturated heterocycles. The van der Waals surface area contributed by atoms with Crippen molar-refractivity contribution in [2.45, 2.75) is 103 Å². The highest BCUT2D eigenvalue weighted by Crippen LogP contribution is 2.24. The van der Waals surface area contributed by atoms with Gasteiger partial charge in [0, 0.05) is 13.0 Å². The minimum Gasteiger partial charge on any atom is -0.469 e. The highest BCUT2D eigenvalue weighted by atomic mass is 16.5. The molecule has 0 bridgehead atoms. The molecule has 1 aliphatic heterocycles. The summed E-state index contributed by atoms with van der Waals surface area (Å²) in [6, 6.07) is -0.664. The van der Waals surface area contributed by atoms with Crippen LogP contribution in [-0.2, 0) is 28.7 Å². The molecule has 0 aromatic rings. The van der Waals surface area contributed by atoms with Crippen molar-refractivity contribution in [2.24, 2.45) is 0 Å². The molecule has 1 heterocycles. The zero-order valence-electron chi connectivity index (χ0n) is 21.5. The number of piperazine rings is 1. The van der Waals surface area contributed by atoms with Gasteiger partial charge in [-0.05, 0) is 32.6 Å². The number of methoxy groups -OCH3 is 2. The Hall–Kier alpha value is -2.16. The van der Waals surface area contributed by atoms with Gasteiger partial charge < -0.3 is 24.4 Å². The Morgan fingerprint density at radius 2 is 1.62 bits per heavy atom. The highest BCUT2D eigenvalue weighted by Gasteiger charge is 2.40. The van der Waals surface area contributed by atoms with Crippen LogP contribution in [0.2, 0.25) is 0 Å². The summed E-state index contributed by atoms with van der Waals surface area (Å²) in [5.41, 5.74) is -0.904. The fourth-order valence-corrected chi connectivity index (χ4v) is 4.25. The second-order valence-electron chi connectivity index (χ2n) is 9.46. The minimum atomic E-state index is -0.904. The summed E-state index contributed by atoms with van der Waals surface area (Å²) in [5, 5.41) is 10.8. The van der Waals surface area contributed by atoms with Crippen molar-refractivity contribution in [3.8, 4) is 0 Å². The summed E-state index contributed by atoms with van der Waals surface area (Å²) in [7, 11) is 2.62. The molecule has 1 fully saturated rings. The van der Waals surface area contributed by atoms with E-state index in [4.69, 9.17) is 0 Å². The van der Waals surface area contributed by atoms with Crippen molar-refractivity contribution >= 4 is 23.8 Å². The molecule has 196 valence electrons. The first kappa shape index (κ1) is 29.9. The number of amides is 2. The molecule has 0 spiro atoms. The Balaban J connectivity index is 2.73. The fraction of sp³-hybridized carbons (Fsp3) is 0.840. The van der Waals surface area contributed by atoms with Gasteiger partial charge in [-0.2, -0.15) is 0 Å². The first-order valence-electron chi connectivity index (χ1n) is 12.6. The molecule has 2 atom stereocenters. The third kappa shape index (κ3) is 10.8. The Labute approximate surface area is 204 Å². The maximum absolute atomic E-state index is 13.1. The number of ether oxygens (including phenoxy) is 2. The molecule has 0 aliphatic carbocycles. The Morgan fingerprint density at radius 1 is 0.971 bits per heavy atom. The minimum absolute atomic E-state index is 0.164. The van der Waals surface area contributed by atoms with Crippen LogP contribution in [0.15, 0.2) is 0 Å². The van der Waals surface area contributed by atoms with Gasteiger partial charge in [0.05, 0.1) is 19.8 Å². The number of hydrogen-bond donors (Lipinski definition) is 1. The molecule has 0 aromatic carbocycles. The average Bonchev–Trinajstić information content (AvgIpc) is 2.80. The molecule has 0 aromatic heterocycles. The first-order valence-corrected chi connectivity index (χ1v) is 12.6. The van der Waals surface area contributed by atoms with E-state index in [1.54, 1.807) is 11.8 Å². The van der Waals surface area contributed by atoms with E-state index in [0.717, 1.165) is 38.5 Å². The van der Waals surface area contributed by atoms with Crippen LogP contribution in [0.4, 0.5) is 0 Å². The predicted octanol–water partition coefficient (Wildman–Crippen LogP) is 2.82. The molecule has 1 aliphatic rings. The summed E-state index contributed by atoms with van der Waals surface area (Å²) < 4.78 is 9.31. The summed E-state index contributed by atoms with van der Waals surface area (Å²) >= 11 is 0. The highest BCUT2D eigenvalue weighted by molar-refractivity contribution is 5.96. The zero-order chi connectivity index (χ0) is 25.6. The van der Waals surface area contributed by atoms with Crippen molar-refractivity contribution in [1.82, 2.24) is 9.80 Å². The van der Waals surface area contributed by atoms with Crippen LogP contribution in [0.5, 0.6) is 0 Å². The molecular weight excluding hydrogens is 440 g/mol.